The molecule has 0 aromatic carbocycles. The van der Waals surface area contributed by atoms with E-state index in [2.05, 4.69) is 20.0 Å². The summed E-state index contributed by atoms with van der Waals surface area (Å²) in [7, 11) is -0.407. The van der Waals surface area contributed by atoms with Gasteiger partial charge in [-0.25, -0.2) is 15.8 Å². The Kier molecular flexibility index (Phi) is 10.4. The van der Waals surface area contributed by atoms with Gasteiger partial charge in [0.25, 0.3) is 5.56 Å². The van der Waals surface area contributed by atoms with Crippen LogP contribution in [0.1, 0.15) is 33.1 Å². The third-order valence-corrected chi connectivity index (χ3v) is 5.85. The van der Waals surface area contributed by atoms with Gasteiger partial charge in [-0.1, -0.05) is 13.8 Å². The van der Waals surface area contributed by atoms with E-state index < -0.39 is 38.5 Å². The van der Waals surface area contributed by atoms with Gasteiger partial charge in [0.1, 0.15) is 5.69 Å². The molecule has 15 heteroatoms. The molecule has 0 aliphatic carbocycles. The predicted molar refractivity (Wildman–Crippen MR) is 120 cm³/mol. The van der Waals surface area contributed by atoms with Gasteiger partial charge in [-0.2, -0.15) is 10.2 Å². The maximum atomic E-state index is 12.3. The number of aliphatic hydroxyl groups excluding tert-OH is 1. The Morgan fingerprint density at radius 2 is 2.27 bits per heavy atom. The van der Waals surface area contributed by atoms with Crippen LogP contribution in [-0.4, -0.2) is 63.5 Å². The summed E-state index contributed by atoms with van der Waals surface area (Å²) in [4.78, 5) is 30.8. The molecule has 0 saturated carbocycles. The number of nitrogens with one attached hydrogen (secondary N) is 2. The molecule has 33 heavy (non-hydrogen) atoms. The highest BCUT2D eigenvalue weighted by atomic mass is 31.1. The van der Waals surface area contributed by atoms with E-state index in [1.165, 1.54) is 0 Å². The topological polar surface area (TPSA) is 222 Å². The number of aromatic nitrogens is 2. The van der Waals surface area contributed by atoms with Crippen LogP contribution < -0.4 is 27.5 Å². The number of hydrogen-bond acceptors (Lipinski definition) is 12. The molecule has 2 rings (SSSR count). The van der Waals surface area contributed by atoms with Crippen LogP contribution in [0, 0.1) is 17.2 Å². The van der Waals surface area contributed by atoms with Crippen molar-refractivity contribution >= 4 is 32.2 Å². The molecule has 184 valence electrons. The van der Waals surface area contributed by atoms with Gasteiger partial charge in [0.05, 0.1) is 46.0 Å². The molecule has 5 unspecified atom stereocenters. The number of aliphatic hydroxyl groups is 1. The van der Waals surface area contributed by atoms with Crippen LogP contribution in [0.3, 0.4) is 0 Å². The predicted octanol–water partition coefficient (Wildman–Crippen LogP) is -0.125. The first-order valence-corrected chi connectivity index (χ1v) is 11.3. The molecule has 1 aromatic rings. The van der Waals surface area contributed by atoms with Crippen LogP contribution in [0.25, 0.3) is 0 Å². The number of anilines is 3. The molecule has 0 bridgehead atoms. The Balaban J connectivity index is 2.18. The Morgan fingerprint density at radius 1 is 1.55 bits per heavy atom. The number of carbonyl (C=O) groups is 1. The average Bonchev–Trinajstić information content (AvgIpc) is 3.18. The number of nitrogen functional groups attached to an aromatic ring is 1. The van der Waals surface area contributed by atoms with Crippen molar-refractivity contribution in [2.45, 2.75) is 57.2 Å². The van der Waals surface area contributed by atoms with Crippen molar-refractivity contribution in [2.75, 3.05) is 29.3 Å². The molecule has 1 aromatic heterocycles. The number of ether oxygens (including phenoxy) is 2. The third-order valence-electron chi connectivity index (χ3n) is 4.92. The lowest BCUT2D eigenvalue weighted by Crippen LogP contribution is -2.47. The van der Waals surface area contributed by atoms with E-state index in [4.69, 9.17) is 31.6 Å². The van der Waals surface area contributed by atoms with E-state index in [-0.39, 0.29) is 48.9 Å². The number of rotatable bonds is 12. The first kappa shape index (κ1) is 26.9. The van der Waals surface area contributed by atoms with Crippen LogP contribution in [0.15, 0.2) is 4.79 Å². The van der Waals surface area contributed by atoms with E-state index in [1.54, 1.807) is 13.8 Å². The Hall–Kier alpha value is -2.37. The minimum absolute atomic E-state index is 0.0986. The molecular weight excluding hydrogens is 457 g/mol. The Bertz CT molecular complexity index is 894. The summed E-state index contributed by atoms with van der Waals surface area (Å²) in [6.07, 6.45) is -0.896. The van der Waals surface area contributed by atoms with E-state index in [1.807, 2.05) is 6.07 Å². The summed E-state index contributed by atoms with van der Waals surface area (Å²) < 4.78 is 15.9. The van der Waals surface area contributed by atoms with Gasteiger partial charge in [0, 0.05) is 12.3 Å². The number of amides is 1. The van der Waals surface area contributed by atoms with Gasteiger partial charge in [-0.3, -0.25) is 24.9 Å². The normalized spacial score (nSPS) is 21.4. The number of nitrogens with two attached hydrogens (primary N) is 2. The van der Waals surface area contributed by atoms with Crippen LogP contribution >= 0.6 is 8.81 Å². The highest BCUT2D eigenvalue weighted by Gasteiger charge is 2.40. The maximum absolute atomic E-state index is 12.3. The summed E-state index contributed by atoms with van der Waals surface area (Å²) in [5.74, 6) is 5.24. The second-order valence-corrected chi connectivity index (χ2v) is 8.90. The fourth-order valence-electron chi connectivity index (χ4n) is 3.09. The standard InChI is InChI=1S/C18H30N7O7P/c1-9(2)15(27)23-18-22-14(13(20)16(28)24-18)25(21)17-12(33-32-29)6-11(31-17)8-30-10(7-26)4-3-5-19/h9-12,17,26,29,33H,3-4,6-8,20-21H2,1-2H3,(H2,22,23,24,27,28). The molecule has 0 radical (unpaired) electrons. The fraction of sp³-hybridized carbons (Fsp3) is 0.667. The van der Waals surface area contributed by atoms with Gasteiger partial charge in [0.15, 0.2) is 12.0 Å². The molecule has 1 aliphatic heterocycles. The van der Waals surface area contributed by atoms with Gasteiger partial charge in [-0.05, 0) is 12.8 Å². The number of carbonyl (C=O) groups excluding carboxylic acids is 1. The number of hydrazine groups is 1. The average molecular weight is 487 g/mol. The van der Waals surface area contributed by atoms with Crippen LogP contribution in [0.2, 0.25) is 0 Å². The van der Waals surface area contributed by atoms with E-state index in [0.717, 1.165) is 5.01 Å². The summed E-state index contributed by atoms with van der Waals surface area (Å²) in [6.45, 7) is 3.21. The van der Waals surface area contributed by atoms with Gasteiger partial charge < -0.3 is 20.3 Å². The zero-order valence-electron chi connectivity index (χ0n) is 18.4. The lowest BCUT2D eigenvalue weighted by molar-refractivity contribution is -0.124. The summed E-state index contributed by atoms with van der Waals surface area (Å²) in [6, 6.07) is 1.99. The van der Waals surface area contributed by atoms with Crippen molar-refractivity contribution < 1.29 is 29.3 Å². The molecule has 1 amide bonds. The van der Waals surface area contributed by atoms with Crippen LogP contribution in [0.4, 0.5) is 17.5 Å². The van der Waals surface area contributed by atoms with Crippen molar-refractivity contribution in [2.24, 2.45) is 11.8 Å². The summed E-state index contributed by atoms with van der Waals surface area (Å²) >= 11 is 0. The van der Waals surface area contributed by atoms with Crippen molar-refractivity contribution in [3.05, 3.63) is 10.4 Å². The molecule has 2 heterocycles. The summed E-state index contributed by atoms with van der Waals surface area (Å²) in [5.41, 5.74) is 4.47. The Labute approximate surface area is 192 Å². The number of nitriles is 1. The molecule has 1 aliphatic rings. The monoisotopic (exact) mass is 487 g/mol. The molecular formula is C18H30N7O7P. The zero-order valence-corrected chi connectivity index (χ0v) is 19.4. The second kappa shape index (κ2) is 12.8. The fourth-order valence-corrected chi connectivity index (χ4v) is 3.94. The van der Waals surface area contributed by atoms with Crippen LogP contribution in [0.5, 0.6) is 0 Å². The first-order chi connectivity index (χ1) is 15.7. The highest BCUT2D eigenvalue weighted by Crippen LogP contribution is 2.37. The maximum Gasteiger partial charge on any atom is 0.277 e. The largest absolute Gasteiger partial charge is 0.394 e. The quantitative estimate of drug-likeness (QED) is 0.0982. The number of nitrogens with zero attached hydrogens (tertiary/aromatic N) is 3. The van der Waals surface area contributed by atoms with E-state index in [9.17, 15) is 14.7 Å². The van der Waals surface area contributed by atoms with Gasteiger partial charge >= 0.3 is 0 Å². The first-order valence-electron chi connectivity index (χ1n) is 10.3. The van der Waals surface area contributed by atoms with Gasteiger partial charge in [0.2, 0.25) is 11.9 Å². The molecule has 1 saturated heterocycles. The number of aromatic amines is 1. The Morgan fingerprint density at radius 3 is 2.88 bits per heavy atom. The smallest absolute Gasteiger partial charge is 0.277 e. The molecule has 0 spiro atoms. The summed E-state index contributed by atoms with van der Waals surface area (Å²) in [5, 5.41) is 30.6. The van der Waals surface area contributed by atoms with Crippen molar-refractivity contribution in [3.8, 4) is 6.07 Å². The SMILES string of the molecule is CC(C)C(=O)Nc1nc(N(N)C2OC(COC(CO)CCC#N)CC2POO)c(N)c(=O)[nH]1. The minimum atomic E-state index is -0.888. The third kappa shape index (κ3) is 7.31. The highest BCUT2D eigenvalue weighted by molar-refractivity contribution is 7.33. The minimum Gasteiger partial charge on any atom is -0.394 e. The lowest BCUT2D eigenvalue weighted by Gasteiger charge is -2.29. The van der Waals surface area contributed by atoms with Crippen molar-refractivity contribution in [3.63, 3.8) is 0 Å². The molecule has 1 fully saturated rings. The van der Waals surface area contributed by atoms with Gasteiger partial charge in [-0.15, -0.1) is 0 Å². The van der Waals surface area contributed by atoms with Crippen molar-refractivity contribution in [1.82, 2.24) is 9.97 Å². The van der Waals surface area contributed by atoms with Crippen molar-refractivity contribution in [1.29, 1.82) is 5.26 Å². The lowest BCUT2D eigenvalue weighted by atomic mass is 10.2. The molecule has 14 nitrogen and oxygen atoms in total. The number of H-pyrrole nitrogens is 1. The van der Waals surface area contributed by atoms with E-state index >= 15 is 0 Å². The second-order valence-electron chi connectivity index (χ2n) is 7.74. The molecule has 5 atom stereocenters. The number of hydrogen-bond donors (Lipinski definition) is 6. The molecule has 8 N–H and O–H groups in total. The van der Waals surface area contributed by atoms with E-state index in [0.29, 0.717) is 12.8 Å². The van der Waals surface area contributed by atoms with Crippen LogP contribution in [-0.2, 0) is 18.9 Å². The zero-order chi connectivity index (χ0) is 24.5.